The number of aliphatic hydroxyl groups excluding tert-OH is 2. The highest BCUT2D eigenvalue weighted by atomic mass is 16.5. The topological polar surface area (TPSA) is 95.9 Å². The molecule has 6 heteroatoms. The maximum atomic E-state index is 13.2. The number of allylic oxidation sites excluding steroid dienone is 4. The number of hydrogen-bond acceptors (Lipinski definition) is 5. The van der Waals surface area contributed by atoms with Gasteiger partial charge in [-0.1, -0.05) is 270 Å². The molecule has 0 bridgehead atoms. The van der Waals surface area contributed by atoms with Gasteiger partial charge < -0.3 is 20.3 Å². The maximum Gasteiger partial charge on any atom is 0.306 e. The lowest BCUT2D eigenvalue weighted by molar-refractivity contribution is -0.151. The standard InChI is InChI=1S/C58H111NO5/c1-4-7-10-13-16-19-22-25-27-28-29-30-33-36-39-42-45-48-51-58(63)64-54(49-46-43-40-37-34-31-24-21-18-15-12-9-6-3)52-57(62)59-55(53-60)56(61)50-47-44-41-38-35-32-26-23-20-17-14-11-8-5-2/h27-30,54-56,60-61H,4-26,31-53H2,1-3H3,(H,59,62)/b28-27+,30-29+. The Labute approximate surface area is 399 Å². The van der Waals surface area contributed by atoms with Crippen molar-refractivity contribution in [3.8, 4) is 0 Å². The fraction of sp³-hybridized carbons (Fsp3) is 0.897. The lowest BCUT2D eigenvalue weighted by Gasteiger charge is -2.24. The van der Waals surface area contributed by atoms with Crippen LogP contribution in [0, 0.1) is 0 Å². The molecule has 64 heavy (non-hydrogen) atoms. The van der Waals surface area contributed by atoms with Crippen LogP contribution in [0.15, 0.2) is 24.3 Å². The van der Waals surface area contributed by atoms with Crippen LogP contribution in [0.3, 0.4) is 0 Å². The highest BCUT2D eigenvalue weighted by molar-refractivity contribution is 5.77. The molecule has 0 aromatic rings. The minimum Gasteiger partial charge on any atom is -0.462 e. The van der Waals surface area contributed by atoms with Gasteiger partial charge in [0.1, 0.15) is 6.10 Å². The smallest absolute Gasteiger partial charge is 0.306 e. The normalized spacial score (nSPS) is 13.3. The van der Waals surface area contributed by atoms with Gasteiger partial charge in [0.05, 0.1) is 25.2 Å². The number of nitrogens with one attached hydrogen (secondary N) is 1. The molecule has 3 N–H and O–H groups in total. The van der Waals surface area contributed by atoms with Gasteiger partial charge in [-0.15, -0.1) is 0 Å². The summed E-state index contributed by atoms with van der Waals surface area (Å²) in [5.41, 5.74) is 0. The summed E-state index contributed by atoms with van der Waals surface area (Å²) in [6.45, 7) is 6.51. The molecule has 1 amide bonds. The molecule has 0 radical (unpaired) electrons. The van der Waals surface area contributed by atoms with E-state index in [-0.39, 0.29) is 24.9 Å². The summed E-state index contributed by atoms with van der Waals surface area (Å²) < 4.78 is 5.95. The van der Waals surface area contributed by atoms with Crippen LogP contribution in [0.1, 0.15) is 310 Å². The van der Waals surface area contributed by atoms with Crippen molar-refractivity contribution >= 4 is 11.9 Å². The van der Waals surface area contributed by atoms with Crippen molar-refractivity contribution in [3.05, 3.63) is 24.3 Å². The zero-order valence-corrected chi connectivity index (χ0v) is 43.2. The molecule has 0 heterocycles. The second-order valence-corrected chi connectivity index (χ2v) is 19.7. The molecule has 0 fully saturated rings. The Bertz CT molecular complexity index is 1010. The van der Waals surface area contributed by atoms with Crippen molar-refractivity contribution in [2.24, 2.45) is 0 Å². The van der Waals surface area contributed by atoms with Crippen molar-refractivity contribution in [1.29, 1.82) is 0 Å². The van der Waals surface area contributed by atoms with E-state index >= 15 is 0 Å². The Balaban J connectivity index is 4.52. The van der Waals surface area contributed by atoms with Gasteiger partial charge in [-0.3, -0.25) is 9.59 Å². The number of hydrogen-bond donors (Lipinski definition) is 3. The van der Waals surface area contributed by atoms with E-state index in [1.165, 1.54) is 212 Å². The summed E-state index contributed by atoms with van der Waals surface area (Å²) in [6.07, 6.45) is 61.0. The van der Waals surface area contributed by atoms with Crippen LogP contribution < -0.4 is 5.32 Å². The fourth-order valence-corrected chi connectivity index (χ4v) is 8.95. The van der Waals surface area contributed by atoms with Crippen molar-refractivity contribution in [2.75, 3.05) is 6.61 Å². The predicted octanol–water partition coefficient (Wildman–Crippen LogP) is 17.5. The zero-order chi connectivity index (χ0) is 46.7. The zero-order valence-electron chi connectivity index (χ0n) is 43.2. The van der Waals surface area contributed by atoms with E-state index in [1.54, 1.807) is 0 Å². The summed E-state index contributed by atoms with van der Waals surface area (Å²) in [5.74, 6) is -0.473. The van der Waals surface area contributed by atoms with Gasteiger partial charge in [-0.2, -0.15) is 0 Å². The van der Waals surface area contributed by atoms with E-state index < -0.39 is 18.2 Å². The molecular formula is C58H111NO5. The quantitative estimate of drug-likeness (QED) is 0.0321. The van der Waals surface area contributed by atoms with Gasteiger partial charge in [0.15, 0.2) is 0 Å². The number of ether oxygens (including phenoxy) is 1. The van der Waals surface area contributed by atoms with Gasteiger partial charge in [-0.05, 0) is 51.4 Å². The van der Waals surface area contributed by atoms with Crippen LogP contribution in [0.2, 0.25) is 0 Å². The molecule has 0 saturated carbocycles. The van der Waals surface area contributed by atoms with Crippen molar-refractivity contribution in [3.63, 3.8) is 0 Å². The minimum atomic E-state index is -0.786. The van der Waals surface area contributed by atoms with Crippen molar-refractivity contribution in [1.82, 2.24) is 5.32 Å². The Kier molecular flexibility index (Phi) is 51.0. The molecule has 0 aliphatic heterocycles. The minimum absolute atomic E-state index is 0.0773. The number of rotatable bonds is 52. The number of unbranched alkanes of at least 4 members (excludes halogenated alkanes) is 37. The molecule has 3 atom stereocenters. The molecule has 0 aliphatic rings. The first kappa shape index (κ1) is 62.3. The van der Waals surface area contributed by atoms with Crippen molar-refractivity contribution in [2.45, 2.75) is 328 Å². The number of carbonyl (C=O) groups excluding carboxylic acids is 2. The van der Waals surface area contributed by atoms with Gasteiger partial charge in [0, 0.05) is 6.42 Å². The summed E-state index contributed by atoms with van der Waals surface area (Å²) >= 11 is 0. The van der Waals surface area contributed by atoms with E-state index in [0.29, 0.717) is 19.3 Å². The lowest BCUT2D eigenvalue weighted by atomic mass is 10.0. The van der Waals surface area contributed by atoms with E-state index in [1.807, 2.05) is 0 Å². The summed E-state index contributed by atoms with van der Waals surface area (Å²) in [7, 11) is 0. The molecule has 6 nitrogen and oxygen atoms in total. The van der Waals surface area contributed by atoms with Gasteiger partial charge in [-0.25, -0.2) is 0 Å². The van der Waals surface area contributed by atoms with E-state index in [0.717, 1.165) is 51.4 Å². The first-order chi connectivity index (χ1) is 31.5. The summed E-state index contributed by atoms with van der Waals surface area (Å²) in [6, 6.07) is -0.700. The fourth-order valence-electron chi connectivity index (χ4n) is 8.95. The third kappa shape index (κ3) is 46.9. The Morgan fingerprint density at radius 2 is 0.781 bits per heavy atom. The highest BCUT2D eigenvalue weighted by Crippen LogP contribution is 2.19. The number of aliphatic hydroxyl groups is 2. The van der Waals surface area contributed by atoms with Crippen LogP contribution in [-0.4, -0.2) is 46.9 Å². The predicted molar refractivity (Wildman–Crippen MR) is 278 cm³/mol. The SMILES string of the molecule is CCCCCCCCC/C=C/C=C/CCCCCCCC(=O)OC(CCCCCCCCCCCCCCC)CC(=O)NC(CO)C(O)CCCCCCCCCCCCCCCC. The second-order valence-electron chi connectivity index (χ2n) is 19.7. The molecule has 0 rings (SSSR count). The van der Waals surface area contributed by atoms with E-state index in [9.17, 15) is 19.8 Å². The van der Waals surface area contributed by atoms with Crippen LogP contribution >= 0.6 is 0 Å². The van der Waals surface area contributed by atoms with E-state index in [4.69, 9.17) is 4.74 Å². The molecular weight excluding hydrogens is 791 g/mol. The second kappa shape index (κ2) is 52.3. The Morgan fingerprint density at radius 1 is 0.453 bits per heavy atom. The largest absolute Gasteiger partial charge is 0.462 e. The molecule has 378 valence electrons. The van der Waals surface area contributed by atoms with Gasteiger partial charge >= 0.3 is 5.97 Å². The first-order valence-corrected chi connectivity index (χ1v) is 28.6. The number of esters is 1. The summed E-state index contributed by atoms with van der Waals surface area (Å²) in [4.78, 5) is 26.2. The molecule has 0 aromatic heterocycles. The van der Waals surface area contributed by atoms with Crippen LogP contribution in [-0.2, 0) is 14.3 Å². The van der Waals surface area contributed by atoms with Crippen LogP contribution in [0.25, 0.3) is 0 Å². The monoisotopic (exact) mass is 902 g/mol. The van der Waals surface area contributed by atoms with Gasteiger partial charge in [0.2, 0.25) is 5.91 Å². The van der Waals surface area contributed by atoms with Crippen LogP contribution in [0.5, 0.6) is 0 Å². The van der Waals surface area contributed by atoms with E-state index in [2.05, 4.69) is 50.4 Å². The molecule has 0 spiro atoms. The third-order valence-corrected chi connectivity index (χ3v) is 13.3. The lowest BCUT2D eigenvalue weighted by Crippen LogP contribution is -2.46. The molecule has 3 unspecified atom stereocenters. The average Bonchev–Trinajstić information content (AvgIpc) is 3.29. The Hall–Kier alpha value is -1.66. The van der Waals surface area contributed by atoms with Gasteiger partial charge in [0.25, 0.3) is 0 Å². The summed E-state index contributed by atoms with van der Waals surface area (Å²) in [5, 5.41) is 23.9. The van der Waals surface area contributed by atoms with Crippen molar-refractivity contribution < 1.29 is 24.5 Å². The number of amides is 1. The highest BCUT2D eigenvalue weighted by Gasteiger charge is 2.24. The van der Waals surface area contributed by atoms with Crippen LogP contribution in [0.4, 0.5) is 0 Å². The Morgan fingerprint density at radius 3 is 1.16 bits per heavy atom. The third-order valence-electron chi connectivity index (χ3n) is 13.3. The first-order valence-electron chi connectivity index (χ1n) is 28.6. The molecule has 0 saturated heterocycles. The average molecular weight is 903 g/mol. The number of carbonyl (C=O) groups is 2. The molecule has 0 aliphatic carbocycles. The maximum absolute atomic E-state index is 13.2. The molecule has 0 aromatic carbocycles.